The quantitative estimate of drug-likeness (QED) is 0.328. The van der Waals surface area contributed by atoms with Crippen LogP contribution in [0.4, 0.5) is 0 Å². The molecule has 0 heterocycles. The van der Waals surface area contributed by atoms with Crippen LogP contribution in [0.3, 0.4) is 0 Å². The molecular weight excluding hydrogens is 466 g/mol. The van der Waals surface area contributed by atoms with Crippen molar-refractivity contribution in [2.45, 2.75) is 73.6 Å². The minimum Gasteiger partial charge on any atom is -0.489 e. The van der Waals surface area contributed by atoms with Gasteiger partial charge in [-0.25, -0.2) is 0 Å². The summed E-state index contributed by atoms with van der Waals surface area (Å²) in [5.41, 5.74) is 9.22. The summed E-state index contributed by atoms with van der Waals surface area (Å²) in [4.78, 5) is 23.2. The molecule has 0 bridgehead atoms. The van der Waals surface area contributed by atoms with E-state index in [4.69, 9.17) is 14.6 Å². The predicted molar refractivity (Wildman–Crippen MR) is 146 cm³/mol. The summed E-state index contributed by atoms with van der Waals surface area (Å²) in [6, 6.07) is 13.7. The topological polar surface area (TPSA) is 84.9 Å². The third-order valence-electron chi connectivity index (χ3n) is 7.27. The third-order valence-corrected chi connectivity index (χ3v) is 7.27. The zero-order valence-electron chi connectivity index (χ0n) is 22.8. The Morgan fingerprint density at radius 3 is 1.84 bits per heavy atom. The lowest BCUT2D eigenvalue weighted by atomic mass is 9.90. The number of carbonyl (C=O) groups is 2. The van der Waals surface area contributed by atoms with Crippen LogP contribution in [-0.2, 0) is 11.4 Å². The first-order valence-electron chi connectivity index (χ1n) is 12.6. The normalized spacial score (nSPS) is 12.5. The molecule has 0 aromatic heterocycles. The van der Waals surface area contributed by atoms with Gasteiger partial charge in [0.1, 0.15) is 30.3 Å². The second-order valence-corrected chi connectivity index (χ2v) is 9.53. The Bertz CT molecular complexity index is 1230. The minimum atomic E-state index is -1.08. The molecule has 3 rings (SSSR count). The highest BCUT2D eigenvalue weighted by atomic mass is 16.5. The number of carbonyl (C=O) groups excluding carboxylic acids is 1. The van der Waals surface area contributed by atoms with Gasteiger partial charge in [0.25, 0.3) is 5.91 Å². The van der Waals surface area contributed by atoms with E-state index in [9.17, 15) is 9.59 Å². The van der Waals surface area contributed by atoms with Crippen LogP contribution in [0.25, 0.3) is 0 Å². The van der Waals surface area contributed by atoms with Gasteiger partial charge in [-0.15, -0.1) is 0 Å². The first kappa shape index (κ1) is 27.8. The Balaban J connectivity index is 1.65. The molecule has 3 aromatic carbocycles. The van der Waals surface area contributed by atoms with Crippen molar-refractivity contribution in [2.24, 2.45) is 0 Å². The number of nitrogens with one attached hydrogen (secondary N) is 1. The molecule has 6 nitrogen and oxygen atoms in total. The van der Waals surface area contributed by atoms with Gasteiger partial charge >= 0.3 is 5.97 Å². The number of aliphatic carboxylic acids is 1. The molecule has 0 radical (unpaired) electrons. The van der Waals surface area contributed by atoms with Crippen LogP contribution >= 0.6 is 0 Å². The van der Waals surface area contributed by atoms with Gasteiger partial charge in [-0.1, -0.05) is 19.1 Å². The van der Waals surface area contributed by atoms with E-state index in [2.05, 4.69) is 46.9 Å². The molecule has 0 aliphatic carbocycles. The van der Waals surface area contributed by atoms with E-state index in [0.29, 0.717) is 17.9 Å². The summed E-state index contributed by atoms with van der Waals surface area (Å²) in [5.74, 6) is -0.0863. The van der Waals surface area contributed by atoms with E-state index < -0.39 is 17.9 Å². The van der Waals surface area contributed by atoms with Crippen molar-refractivity contribution in [3.8, 4) is 11.5 Å². The molecule has 0 saturated heterocycles. The highest BCUT2D eigenvalue weighted by Crippen LogP contribution is 2.29. The molecule has 1 amide bonds. The Morgan fingerprint density at radius 2 is 1.32 bits per heavy atom. The molecule has 3 aromatic rings. The van der Waals surface area contributed by atoms with Gasteiger partial charge in [-0.2, -0.15) is 0 Å². The van der Waals surface area contributed by atoms with E-state index in [1.807, 2.05) is 24.3 Å². The number of hydrogen-bond acceptors (Lipinski definition) is 4. The Labute approximate surface area is 219 Å². The predicted octanol–water partition coefficient (Wildman–Crippen LogP) is 6.54. The second kappa shape index (κ2) is 12.0. The Kier molecular flexibility index (Phi) is 8.98. The summed E-state index contributed by atoms with van der Waals surface area (Å²) < 4.78 is 12.3. The molecule has 0 aliphatic rings. The number of rotatable bonds is 10. The van der Waals surface area contributed by atoms with Crippen LogP contribution in [0.5, 0.6) is 11.5 Å². The summed E-state index contributed by atoms with van der Waals surface area (Å²) >= 11 is 0. The molecule has 0 fully saturated rings. The molecule has 2 unspecified atom stereocenters. The maximum atomic E-state index is 12.2. The molecule has 196 valence electrons. The van der Waals surface area contributed by atoms with Crippen molar-refractivity contribution >= 4 is 11.9 Å². The van der Waals surface area contributed by atoms with Crippen LogP contribution in [0, 0.1) is 34.6 Å². The maximum Gasteiger partial charge on any atom is 0.325 e. The number of carboxylic acid groups (broad SMARTS) is 1. The zero-order chi connectivity index (χ0) is 27.3. The standard InChI is InChI=1S/C31H37NO5/c1-8-29(37-27-15-11-25(12-16-27)30(33)32-23(7)31(34)35)24-9-13-26(14-10-24)36-17-28-21(5)19(3)18(2)20(4)22(28)6/h9-16,23,29H,8,17H2,1-7H3,(H,32,33)(H,34,35). The Morgan fingerprint density at radius 1 is 0.811 bits per heavy atom. The highest BCUT2D eigenvalue weighted by molar-refractivity contribution is 5.96. The first-order chi connectivity index (χ1) is 17.5. The van der Waals surface area contributed by atoms with Crippen LogP contribution in [-0.4, -0.2) is 23.0 Å². The zero-order valence-corrected chi connectivity index (χ0v) is 22.8. The SMILES string of the molecule is CCC(Oc1ccc(C(=O)NC(C)C(=O)O)cc1)c1ccc(OCc2c(C)c(C)c(C)c(C)c2C)cc1. The van der Waals surface area contributed by atoms with E-state index in [-0.39, 0.29) is 6.10 Å². The molecule has 6 heteroatoms. The number of ether oxygens (including phenoxy) is 2. The highest BCUT2D eigenvalue weighted by Gasteiger charge is 2.17. The Hall–Kier alpha value is -3.80. The molecule has 0 spiro atoms. The van der Waals surface area contributed by atoms with E-state index in [0.717, 1.165) is 17.7 Å². The van der Waals surface area contributed by atoms with Crippen molar-refractivity contribution in [3.05, 3.63) is 93.0 Å². The minimum absolute atomic E-state index is 0.160. The van der Waals surface area contributed by atoms with Gasteiger partial charge in [0.15, 0.2) is 0 Å². The van der Waals surface area contributed by atoms with E-state index in [1.54, 1.807) is 24.3 Å². The van der Waals surface area contributed by atoms with Crippen LogP contribution < -0.4 is 14.8 Å². The number of carboxylic acids is 1. The summed E-state index contributed by atoms with van der Waals surface area (Å²) in [6.07, 6.45) is 0.603. The van der Waals surface area contributed by atoms with Gasteiger partial charge in [0.2, 0.25) is 0 Å². The first-order valence-corrected chi connectivity index (χ1v) is 12.6. The largest absolute Gasteiger partial charge is 0.489 e. The lowest BCUT2D eigenvalue weighted by molar-refractivity contribution is -0.138. The van der Waals surface area contributed by atoms with Crippen LogP contribution in [0.1, 0.15) is 75.7 Å². The van der Waals surface area contributed by atoms with Gasteiger partial charge in [-0.05, 0) is 123 Å². The third kappa shape index (κ3) is 6.50. The van der Waals surface area contributed by atoms with Crippen molar-refractivity contribution < 1.29 is 24.2 Å². The van der Waals surface area contributed by atoms with Gasteiger partial charge < -0.3 is 19.9 Å². The van der Waals surface area contributed by atoms with Crippen LogP contribution in [0.15, 0.2) is 48.5 Å². The van der Waals surface area contributed by atoms with Gasteiger partial charge in [0.05, 0.1) is 0 Å². The molecule has 0 saturated carbocycles. The van der Waals surface area contributed by atoms with Gasteiger partial charge in [0, 0.05) is 5.56 Å². The fourth-order valence-electron chi connectivity index (χ4n) is 4.31. The second-order valence-electron chi connectivity index (χ2n) is 9.53. The molecule has 2 N–H and O–H groups in total. The molecule has 2 atom stereocenters. The maximum absolute atomic E-state index is 12.2. The fourth-order valence-corrected chi connectivity index (χ4v) is 4.31. The summed E-state index contributed by atoms with van der Waals surface area (Å²) in [6.45, 7) is 14.8. The average molecular weight is 504 g/mol. The van der Waals surface area contributed by atoms with Crippen molar-refractivity contribution in [1.29, 1.82) is 0 Å². The van der Waals surface area contributed by atoms with Gasteiger partial charge in [-0.3, -0.25) is 9.59 Å². The molecular formula is C31H37NO5. The van der Waals surface area contributed by atoms with E-state index in [1.165, 1.54) is 40.3 Å². The monoisotopic (exact) mass is 503 g/mol. The molecule has 37 heavy (non-hydrogen) atoms. The van der Waals surface area contributed by atoms with Crippen molar-refractivity contribution in [3.63, 3.8) is 0 Å². The summed E-state index contributed by atoms with van der Waals surface area (Å²) in [5, 5.41) is 11.4. The lowest BCUT2D eigenvalue weighted by Gasteiger charge is -2.20. The molecule has 0 aliphatic heterocycles. The van der Waals surface area contributed by atoms with E-state index >= 15 is 0 Å². The van der Waals surface area contributed by atoms with Crippen molar-refractivity contribution in [1.82, 2.24) is 5.32 Å². The average Bonchev–Trinajstić information content (AvgIpc) is 2.90. The number of benzene rings is 3. The number of amides is 1. The fraction of sp³-hybridized carbons (Fsp3) is 0.355. The summed E-state index contributed by atoms with van der Waals surface area (Å²) in [7, 11) is 0. The van der Waals surface area contributed by atoms with Crippen LogP contribution in [0.2, 0.25) is 0 Å². The number of hydrogen-bond donors (Lipinski definition) is 2. The smallest absolute Gasteiger partial charge is 0.325 e. The van der Waals surface area contributed by atoms with Crippen molar-refractivity contribution in [2.75, 3.05) is 0 Å². The lowest BCUT2D eigenvalue weighted by Crippen LogP contribution is -2.38.